The molecule has 1 saturated carbocycles. The van der Waals surface area contributed by atoms with Crippen molar-refractivity contribution in [3.05, 3.63) is 64.9 Å². The Kier molecular flexibility index (Phi) is 10.7. The molecule has 3 aromatic rings. The van der Waals surface area contributed by atoms with Gasteiger partial charge in [0, 0.05) is 103 Å². The van der Waals surface area contributed by atoms with Gasteiger partial charge >= 0.3 is 17.9 Å². The summed E-state index contributed by atoms with van der Waals surface area (Å²) >= 11 is 0. The van der Waals surface area contributed by atoms with Crippen molar-refractivity contribution in [3.63, 3.8) is 0 Å². The Labute approximate surface area is 377 Å². The SMILES string of the molecule is CC[C@@]12C=CCN3CCC4(c5cc([C@@]6(C(=O)OC)CC7CC(C(C)(F)F)CN(CCc8c6[nH]c6ccc(NS(C)(=O)=O)cc86)C7)c(OC)cc5N(C)C4[C@](O)(C(=O)OC)[C@H]1OC(C)=O)C32. The Bertz CT molecular complexity index is 2620. The van der Waals surface area contributed by atoms with Crippen molar-refractivity contribution in [2.45, 2.75) is 93.4 Å². The van der Waals surface area contributed by atoms with E-state index < -0.39 is 85.7 Å². The molecule has 3 fully saturated rings. The van der Waals surface area contributed by atoms with Crippen LogP contribution in [0.5, 0.6) is 5.75 Å². The zero-order chi connectivity index (χ0) is 46.8. The minimum absolute atomic E-state index is 0.0379. The number of benzene rings is 2. The number of aromatic amines is 1. The second kappa shape index (κ2) is 15.4. The molecule has 2 aromatic carbocycles. The number of hydrogen-bond acceptors (Lipinski definition) is 13. The molecule has 352 valence electrons. The first-order chi connectivity index (χ1) is 30.6. The number of piperidine rings is 1. The standard InChI is InChI=1S/C47H59F2N5O10S/c1-9-44-14-10-16-54-18-15-45(38(44)54)32-21-33(36(61-5)22-35(32)52(4)39(45)47(58,42(57)63-7)40(44)64-26(2)55)46(41(56)62-6)23-27-19-28(43(3,48)49)25-53(24-27)17-13-30-31-20-29(51-65(8,59)60)11-12-34(31)50-37(30)46/h10-12,14,20-22,27-28,38-40,50-51,58H,9,13,15-19,23-25H2,1-8H3/t27?,28?,38?,39?,40-,44-,45?,46-,47+/m0/s1. The smallest absolute Gasteiger partial charge is 0.344 e. The summed E-state index contributed by atoms with van der Waals surface area (Å²) in [4.78, 5) is 52.7. The van der Waals surface area contributed by atoms with Crippen molar-refractivity contribution in [2.24, 2.45) is 17.3 Å². The summed E-state index contributed by atoms with van der Waals surface area (Å²) in [5.41, 5.74) is -2.40. The summed E-state index contributed by atoms with van der Waals surface area (Å²) in [5.74, 6) is -6.44. The van der Waals surface area contributed by atoms with Crippen LogP contribution in [0.2, 0.25) is 0 Å². The van der Waals surface area contributed by atoms with E-state index in [1.807, 2.05) is 41.0 Å². The van der Waals surface area contributed by atoms with Crippen molar-refractivity contribution in [3.8, 4) is 5.75 Å². The highest BCUT2D eigenvalue weighted by molar-refractivity contribution is 7.92. The minimum atomic E-state index is -3.67. The molecule has 9 rings (SSSR count). The molecule has 18 heteroatoms. The van der Waals surface area contributed by atoms with Crippen LogP contribution >= 0.6 is 0 Å². The molecule has 6 heterocycles. The first-order valence-corrected chi connectivity index (χ1v) is 24.2. The number of aromatic nitrogens is 1. The molecule has 5 aliphatic heterocycles. The molecule has 1 spiro atoms. The molecule has 2 saturated heterocycles. The Balaban J connectivity index is 1.36. The van der Waals surface area contributed by atoms with E-state index in [-0.39, 0.29) is 25.1 Å². The number of H-pyrrole nitrogens is 1. The van der Waals surface area contributed by atoms with Crippen LogP contribution < -0.4 is 14.4 Å². The fraction of sp³-hybridized carbons (Fsp3) is 0.596. The largest absolute Gasteiger partial charge is 0.496 e. The van der Waals surface area contributed by atoms with Gasteiger partial charge in [-0.05, 0) is 86.9 Å². The van der Waals surface area contributed by atoms with Gasteiger partial charge < -0.3 is 38.8 Å². The maximum Gasteiger partial charge on any atom is 0.344 e. The number of nitrogens with one attached hydrogen (secondary N) is 2. The summed E-state index contributed by atoms with van der Waals surface area (Å²) in [7, 11) is 2.10. The Morgan fingerprint density at radius 1 is 1.03 bits per heavy atom. The number of carbonyl (C=O) groups excluding carboxylic acids is 3. The second-order valence-electron chi connectivity index (χ2n) is 19.4. The zero-order valence-corrected chi connectivity index (χ0v) is 38.9. The number of nitrogens with zero attached hydrogens (tertiary/aromatic N) is 3. The van der Waals surface area contributed by atoms with E-state index in [4.69, 9.17) is 18.9 Å². The van der Waals surface area contributed by atoms with Gasteiger partial charge in [-0.1, -0.05) is 19.1 Å². The number of carbonyl (C=O) groups is 3. The van der Waals surface area contributed by atoms with E-state index in [9.17, 15) is 23.1 Å². The number of rotatable bonds is 9. The molecular weight excluding hydrogens is 865 g/mol. The van der Waals surface area contributed by atoms with Crippen molar-refractivity contribution < 1.29 is 55.6 Å². The molecule has 10 atom stereocenters. The number of anilines is 2. The lowest BCUT2D eigenvalue weighted by Crippen LogP contribution is -2.81. The molecule has 3 N–H and O–H groups in total. The number of alkyl halides is 2. The van der Waals surface area contributed by atoms with E-state index in [1.54, 1.807) is 25.2 Å². The lowest BCUT2D eigenvalue weighted by atomic mass is 9.47. The summed E-state index contributed by atoms with van der Waals surface area (Å²) in [5, 5.41) is 14.0. The molecule has 0 radical (unpaired) electrons. The summed E-state index contributed by atoms with van der Waals surface area (Å²) in [6.07, 6.45) is 5.01. The monoisotopic (exact) mass is 923 g/mol. The van der Waals surface area contributed by atoms with Crippen molar-refractivity contribution in [1.82, 2.24) is 14.8 Å². The number of aliphatic hydroxyl groups is 1. The van der Waals surface area contributed by atoms with Gasteiger partial charge in [0.05, 0.1) is 33.6 Å². The minimum Gasteiger partial charge on any atom is -0.496 e. The Hall–Kier alpha value is -4.78. The zero-order valence-electron chi connectivity index (χ0n) is 38.1. The lowest BCUT2D eigenvalue weighted by Gasteiger charge is -2.63. The number of sulfonamides is 1. The molecule has 1 aromatic heterocycles. The molecule has 6 unspecified atom stereocenters. The van der Waals surface area contributed by atoms with Gasteiger partial charge in [0.25, 0.3) is 0 Å². The first-order valence-electron chi connectivity index (χ1n) is 22.3. The van der Waals surface area contributed by atoms with Crippen LogP contribution in [0.1, 0.15) is 68.8 Å². The number of methoxy groups -OCH3 is 3. The number of ether oxygens (including phenoxy) is 4. The van der Waals surface area contributed by atoms with E-state index >= 15 is 13.6 Å². The molecule has 0 amide bonds. The first kappa shape index (κ1) is 45.4. The molecule has 65 heavy (non-hydrogen) atoms. The summed E-state index contributed by atoms with van der Waals surface area (Å²) < 4.78 is 82.2. The van der Waals surface area contributed by atoms with Crippen LogP contribution in [0.4, 0.5) is 20.2 Å². The number of hydrogen-bond donors (Lipinski definition) is 3. The van der Waals surface area contributed by atoms with Crippen LogP contribution in [0.15, 0.2) is 42.5 Å². The van der Waals surface area contributed by atoms with Gasteiger partial charge in [-0.2, -0.15) is 0 Å². The predicted molar refractivity (Wildman–Crippen MR) is 238 cm³/mol. The third-order valence-corrected chi connectivity index (χ3v) is 16.6. The number of esters is 3. The van der Waals surface area contributed by atoms with Crippen LogP contribution in [0.3, 0.4) is 0 Å². The fourth-order valence-corrected chi connectivity index (χ4v) is 14.3. The highest BCUT2D eigenvalue weighted by atomic mass is 32.2. The van der Waals surface area contributed by atoms with Gasteiger partial charge in [0.15, 0.2) is 6.10 Å². The van der Waals surface area contributed by atoms with E-state index in [0.717, 1.165) is 18.7 Å². The third-order valence-electron chi connectivity index (χ3n) is 16.0. The molecule has 1 aliphatic carbocycles. The van der Waals surface area contributed by atoms with Gasteiger partial charge in [-0.3, -0.25) is 19.2 Å². The highest BCUT2D eigenvalue weighted by Crippen LogP contribution is 2.68. The molecule has 15 nitrogen and oxygen atoms in total. The summed E-state index contributed by atoms with van der Waals surface area (Å²) in [6, 6.07) is 7.40. The Morgan fingerprint density at radius 2 is 1.77 bits per heavy atom. The Morgan fingerprint density at radius 3 is 2.42 bits per heavy atom. The van der Waals surface area contributed by atoms with Crippen LogP contribution in [0.25, 0.3) is 10.9 Å². The van der Waals surface area contributed by atoms with E-state index in [2.05, 4.69) is 14.6 Å². The van der Waals surface area contributed by atoms with Crippen molar-refractivity contribution in [1.29, 1.82) is 0 Å². The maximum atomic E-state index is 15.5. The van der Waals surface area contributed by atoms with Crippen molar-refractivity contribution in [2.75, 3.05) is 77.0 Å². The number of likely N-dealkylation sites (N-methyl/N-ethyl adjacent to an activating group) is 1. The topological polar surface area (TPSA) is 180 Å². The second-order valence-corrected chi connectivity index (χ2v) is 21.2. The normalized spacial score (nSPS) is 34.0. The van der Waals surface area contributed by atoms with Crippen LogP contribution in [-0.2, 0) is 55.9 Å². The van der Waals surface area contributed by atoms with Crippen LogP contribution in [-0.4, -0.2) is 143 Å². The lowest BCUT2D eigenvalue weighted by molar-refractivity contribution is -0.228. The molecular formula is C47H59F2N5O10S. The van der Waals surface area contributed by atoms with Crippen molar-refractivity contribution >= 4 is 50.2 Å². The molecule has 6 aliphatic rings. The van der Waals surface area contributed by atoms with Gasteiger partial charge in [-0.25, -0.2) is 22.0 Å². The van der Waals surface area contributed by atoms with E-state index in [0.29, 0.717) is 84.5 Å². The van der Waals surface area contributed by atoms with E-state index in [1.165, 1.54) is 28.3 Å². The highest BCUT2D eigenvalue weighted by Gasteiger charge is 2.80. The summed E-state index contributed by atoms with van der Waals surface area (Å²) in [6.45, 7) is 6.26. The van der Waals surface area contributed by atoms with Gasteiger partial charge in [0.2, 0.25) is 21.5 Å². The maximum absolute atomic E-state index is 15.5. The third kappa shape index (κ3) is 6.46. The van der Waals surface area contributed by atoms with Crippen LogP contribution in [0, 0.1) is 17.3 Å². The van der Waals surface area contributed by atoms with Gasteiger partial charge in [-0.15, -0.1) is 0 Å². The average molecular weight is 924 g/mol. The number of fused-ring (bicyclic) bond motifs is 6. The molecule has 2 bridgehead atoms. The fourth-order valence-electron chi connectivity index (χ4n) is 13.8. The van der Waals surface area contributed by atoms with Gasteiger partial charge in [0.1, 0.15) is 11.2 Å². The predicted octanol–water partition coefficient (Wildman–Crippen LogP) is 4.49. The quantitative estimate of drug-likeness (QED) is 0.156. The average Bonchev–Trinajstić information content (AvgIpc) is 3.91. The number of halogens is 2.